The van der Waals surface area contributed by atoms with Crippen molar-refractivity contribution in [3.63, 3.8) is 0 Å². The monoisotopic (exact) mass is 356 g/mol. The number of nitrogens with zero attached hydrogens (tertiary/aromatic N) is 4. The Hall–Kier alpha value is -2.54. The molecule has 0 saturated carbocycles. The van der Waals surface area contributed by atoms with Crippen LogP contribution in [-0.2, 0) is 13.0 Å². The zero-order valence-corrected chi connectivity index (χ0v) is 15.6. The molecule has 0 spiro atoms. The standard InChI is InChI=1S/C19H28N6O/c1-20-19(22-8-6-17-4-3-13-26-17)23-15-16-5-7-21-18(14-16)25-11-9-24(2)10-12-25/h3-5,7,13-14H,6,8-12,15H2,1-2H3,(H2,20,22,23). The number of nitrogens with one attached hydrogen (secondary N) is 2. The van der Waals surface area contributed by atoms with Gasteiger partial charge in [0.2, 0.25) is 0 Å². The fourth-order valence-electron chi connectivity index (χ4n) is 2.94. The van der Waals surface area contributed by atoms with Gasteiger partial charge in [-0.1, -0.05) is 0 Å². The smallest absolute Gasteiger partial charge is 0.191 e. The average Bonchev–Trinajstić information content (AvgIpc) is 3.19. The van der Waals surface area contributed by atoms with E-state index in [1.165, 1.54) is 5.56 Å². The highest BCUT2D eigenvalue weighted by Crippen LogP contribution is 2.14. The molecule has 2 N–H and O–H groups in total. The van der Waals surface area contributed by atoms with E-state index in [4.69, 9.17) is 4.42 Å². The number of furan rings is 1. The molecule has 2 aromatic rings. The van der Waals surface area contributed by atoms with Gasteiger partial charge in [-0.25, -0.2) is 4.98 Å². The predicted octanol–water partition coefficient (Wildman–Crippen LogP) is 1.33. The highest BCUT2D eigenvalue weighted by Gasteiger charge is 2.15. The van der Waals surface area contributed by atoms with E-state index >= 15 is 0 Å². The third-order valence-electron chi connectivity index (χ3n) is 4.56. The first kappa shape index (κ1) is 18.3. The van der Waals surface area contributed by atoms with Crippen LogP contribution in [0.5, 0.6) is 0 Å². The van der Waals surface area contributed by atoms with Crippen molar-refractivity contribution in [2.24, 2.45) is 4.99 Å². The molecule has 1 fully saturated rings. The number of guanidine groups is 1. The van der Waals surface area contributed by atoms with Crippen molar-refractivity contribution in [3.8, 4) is 0 Å². The summed E-state index contributed by atoms with van der Waals surface area (Å²) in [5.74, 6) is 2.81. The number of piperazine rings is 1. The lowest BCUT2D eigenvalue weighted by molar-refractivity contribution is 0.312. The van der Waals surface area contributed by atoms with Crippen LogP contribution < -0.4 is 15.5 Å². The van der Waals surface area contributed by atoms with E-state index in [0.717, 1.165) is 56.7 Å². The summed E-state index contributed by atoms with van der Waals surface area (Å²) in [4.78, 5) is 13.5. The summed E-state index contributed by atoms with van der Waals surface area (Å²) in [6.45, 7) is 5.69. The molecule has 0 aliphatic carbocycles. The van der Waals surface area contributed by atoms with Gasteiger partial charge < -0.3 is 24.9 Å². The van der Waals surface area contributed by atoms with E-state index < -0.39 is 0 Å². The molecule has 0 unspecified atom stereocenters. The number of aliphatic imine (C=N–C) groups is 1. The lowest BCUT2D eigenvalue weighted by Crippen LogP contribution is -2.44. The molecule has 0 radical (unpaired) electrons. The average molecular weight is 356 g/mol. The molecule has 7 nitrogen and oxygen atoms in total. The Morgan fingerprint density at radius 2 is 2.08 bits per heavy atom. The Kier molecular flexibility index (Phi) is 6.49. The van der Waals surface area contributed by atoms with Gasteiger partial charge in [0.1, 0.15) is 11.6 Å². The molecule has 1 aliphatic heterocycles. The van der Waals surface area contributed by atoms with Gasteiger partial charge in [-0.3, -0.25) is 4.99 Å². The topological polar surface area (TPSA) is 68.9 Å². The number of anilines is 1. The van der Waals surface area contributed by atoms with Crippen molar-refractivity contribution >= 4 is 11.8 Å². The highest BCUT2D eigenvalue weighted by molar-refractivity contribution is 5.79. The zero-order chi connectivity index (χ0) is 18.2. The Morgan fingerprint density at radius 3 is 2.81 bits per heavy atom. The van der Waals surface area contributed by atoms with Gasteiger partial charge in [0.25, 0.3) is 0 Å². The summed E-state index contributed by atoms with van der Waals surface area (Å²) in [7, 11) is 3.94. The van der Waals surface area contributed by atoms with Crippen LogP contribution in [0.2, 0.25) is 0 Å². The minimum atomic E-state index is 0.712. The van der Waals surface area contributed by atoms with Crippen molar-refractivity contribution < 1.29 is 4.42 Å². The fourth-order valence-corrected chi connectivity index (χ4v) is 2.94. The van der Waals surface area contributed by atoms with Crippen molar-refractivity contribution in [1.29, 1.82) is 0 Å². The van der Waals surface area contributed by atoms with Crippen LogP contribution in [-0.4, -0.2) is 62.7 Å². The predicted molar refractivity (Wildman–Crippen MR) is 105 cm³/mol. The van der Waals surface area contributed by atoms with Crippen LogP contribution in [0.15, 0.2) is 46.1 Å². The van der Waals surface area contributed by atoms with Crippen molar-refractivity contribution in [1.82, 2.24) is 20.5 Å². The molecular weight excluding hydrogens is 328 g/mol. The normalized spacial score (nSPS) is 15.9. The number of pyridine rings is 1. The van der Waals surface area contributed by atoms with Gasteiger partial charge in [0.15, 0.2) is 5.96 Å². The molecule has 26 heavy (non-hydrogen) atoms. The van der Waals surface area contributed by atoms with Crippen LogP contribution in [0.25, 0.3) is 0 Å². The quantitative estimate of drug-likeness (QED) is 0.601. The molecule has 7 heteroatoms. The van der Waals surface area contributed by atoms with Gasteiger partial charge in [-0.05, 0) is 36.9 Å². The summed E-state index contributed by atoms with van der Waals surface area (Å²) in [6.07, 6.45) is 4.41. The first-order valence-corrected chi connectivity index (χ1v) is 9.10. The molecule has 0 atom stereocenters. The van der Waals surface area contributed by atoms with Crippen molar-refractivity contribution in [2.45, 2.75) is 13.0 Å². The first-order chi connectivity index (χ1) is 12.7. The molecule has 3 rings (SSSR count). The molecule has 3 heterocycles. The lowest BCUT2D eigenvalue weighted by atomic mass is 10.2. The summed E-state index contributed by atoms with van der Waals surface area (Å²) in [6, 6.07) is 8.09. The van der Waals surface area contributed by atoms with Gasteiger partial charge >= 0.3 is 0 Å². The molecule has 1 saturated heterocycles. The third kappa shape index (κ3) is 5.23. The van der Waals surface area contributed by atoms with E-state index in [2.05, 4.69) is 43.5 Å². The molecule has 140 valence electrons. The van der Waals surface area contributed by atoms with Crippen LogP contribution in [0, 0.1) is 0 Å². The largest absolute Gasteiger partial charge is 0.469 e. The van der Waals surface area contributed by atoms with E-state index in [1.807, 2.05) is 24.4 Å². The molecule has 0 aromatic carbocycles. The minimum Gasteiger partial charge on any atom is -0.469 e. The third-order valence-corrected chi connectivity index (χ3v) is 4.56. The van der Waals surface area contributed by atoms with E-state index in [0.29, 0.717) is 6.54 Å². The minimum absolute atomic E-state index is 0.712. The maximum atomic E-state index is 5.34. The van der Waals surface area contributed by atoms with Crippen LogP contribution in [0.4, 0.5) is 5.82 Å². The summed E-state index contributed by atoms with van der Waals surface area (Å²) in [5.41, 5.74) is 1.20. The number of hydrogen-bond acceptors (Lipinski definition) is 5. The first-order valence-electron chi connectivity index (χ1n) is 9.10. The SMILES string of the molecule is CN=C(NCCc1ccco1)NCc1ccnc(N2CCN(C)CC2)c1. The molecular formula is C19H28N6O. The molecule has 1 aliphatic rings. The second-order valence-corrected chi connectivity index (χ2v) is 6.49. The molecule has 2 aromatic heterocycles. The maximum Gasteiger partial charge on any atom is 0.191 e. The van der Waals surface area contributed by atoms with Gasteiger partial charge in [-0.2, -0.15) is 0 Å². The highest BCUT2D eigenvalue weighted by atomic mass is 16.3. The Labute approximate surface area is 155 Å². The maximum absolute atomic E-state index is 5.34. The Balaban J connectivity index is 1.47. The number of aromatic nitrogens is 1. The van der Waals surface area contributed by atoms with E-state index in [1.54, 1.807) is 13.3 Å². The van der Waals surface area contributed by atoms with Crippen LogP contribution >= 0.6 is 0 Å². The van der Waals surface area contributed by atoms with Crippen molar-refractivity contribution in [3.05, 3.63) is 48.0 Å². The second kappa shape index (κ2) is 9.24. The Morgan fingerprint density at radius 1 is 1.23 bits per heavy atom. The van der Waals surface area contributed by atoms with Crippen LogP contribution in [0.1, 0.15) is 11.3 Å². The number of hydrogen-bond donors (Lipinski definition) is 2. The Bertz CT molecular complexity index is 692. The van der Waals surface area contributed by atoms with E-state index in [9.17, 15) is 0 Å². The van der Waals surface area contributed by atoms with Gasteiger partial charge in [0, 0.05) is 58.9 Å². The fraction of sp³-hybridized carbons (Fsp3) is 0.474. The second-order valence-electron chi connectivity index (χ2n) is 6.49. The van der Waals surface area contributed by atoms with E-state index in [-0.39, 0.29) is 0 Å². The summed E-state index contributed by atoms with van der Waals surface area (Å²) in [5, 5.41) is 6.66. The zero-order valence-electron chi connectivity index (χ0n) is 15.6. The number of likely N-dealkylation sites (N-methyl/N-ethyl adjacent to an activating group) is 1. The molecule has 0 amide bonds. The van der Waals surface area contributed by atoms with Crippen LogP contribution in [0.3, 0.4) is 0 Å². The van der Waals surface area contributed by atoms with Gasteiger partial charge in [-0.15, -0.1) is 0 Å². The number of rotatable bonds is 6. The molecule has 0 bridgehead atoms. The summed E-state index contributed by atoms with van der Waals surface area (Å²) >= 11 is 0. The van der Waals surface area contributed by atoms with Crippen molar-refractivity contribution in [2.75, 3.05) is 51.7 Å². The summed E-state index contributed by atoms with van der Waals surface area (Å²) < 4.78 is 5.34. The lowest BCUT2D eigenvalue weighted by Gasteiger charge is -2.33. The van der Waals surface area contributed by atoms with Gasteiger partial charge in [0.05, 0.1) is 6.26 Å².